The Labute approximate surface area is 236 Å². The number of carboxylic acid groups (broad SMARTS) is 1. The Morgan fingerprint density at radius 1 is 1.11 bits per heavy atom. The number of aromatic carboxylic acids is 1. The summed E-state index contributed by atoms with van der Waals surface area (Å²) in [5.74, 6) is -0.180. The molecule has 38 heavy (non-hydrogen) atoms. The number of carboxylic acids is 1. The predicted octanol–water partition coefficient (Wildman–Crippen LogP) is 7.40. The van der Waals surface area contributed by atoms with Crippen molar-refractivity contribution in [3.05, 3.63) is 34.6 Å². The van der Waals surface area contributed by atoms with Gasteiger partial charge in [-0.3, -0.25) is 4.79 Å². The maximum absolute atomic E-state index is 14.2. The Morgan fingerprint density at radius 2 is 1.82 bits per heavy atom. The van der Waals surface area contributed by atoms with Crippen molar-refractivity contribution in [2.75, 3.05) is 4.90 Å². The maximum atomic E-state index is 14.2. The molecule has 0 spiro atoms. The minimum absolute atomic E-state index is 0. The van der Waals surface area contributed by atoms with E-state index in [1.165, 1.54) is 16.9 Å². The van der Waals surface area contributed by atoms with Crippen molar-refractivity contribution in [3.63, 3.8) is 0 Å². The lowest BCUT2D eigenvalue weighted by Gasteiger charge is -2.39. The number of carbonyl (C=O) groups excluding carboxylic acids is 1. The van der Waals surface area contributed by atoms with E-state index in [9.17, 15) is 14.7 Å². The topological polar surface area (TPSA) is 88.3 Å². The van der Waals surface area contributed by atoms with Crippen molar-refractivity contribution < 1.29 is 14.7 Å². The van der Waals surface area contributed by atoms with Crippen LogP contribution in [0.2, 0.25) is 0 Å². The normalized spacial score (nSPS) is 27.2. The van der Waals surface area contributed by atoms with Crippen LogP contribution in [-0.2, 0) is 4.79 Å². The molecule has 0 saturated heterocycles. The van der Waals surface area contributed by atoms with Crippen LogP contribution < -0.4 is 4.90 Å². The Hall–Kier alpha value is -2.19. The molecule has 0 aromatic carbocycles. The zero-order valence-corrected chi connectivity index (χ0v) is 24.4. The van der Waals surface area contributed by atoms with Gasteiger partial charge in [-0.05, 0) is 93.6 Å². The largest absolute Gasteiger partial charge is 0.477 e. The van der Waals surface area contributed by atoms with Crippen LogP contribution in [0.25, 0.3) is 5.57 Å². The molecule has 0 radical (unpaired) electrons. The first-order valence-electron chi connectivity index (χ1n) is 14.0. The van der Waals surface area contributed by atoms with Crippen LogP contribution in [-0.4, -0.2) is 37.8 Å². The molecule has 1 N–H and O–H groups in total. The molecule has 5 rings (SSSR count). The summed E-state index contributed by atoms with van der Waals surface area (Å²) in [5.41, 5.74) is 2.13. The number of anilines is 1. The first kappa shape index (κ1) is 28.8. The number of allylic oxidation sites excluding steroid dienone is 2. The van der Waals surface area contributed by atoms with Gasteiger partial charge in [-0.2, -0.15) is 5.10 Å². The molecular weight excluding hydrogens is 520 g/mol. The quantitative estimate of drug-likeness (QED) is 0.397. The number of hydrogen-bond donors (Lipinski definition) is 1. The second-order valence-electron chi connectivity index (χ2n) is 12.2. The second-order valence-corrected chi connectivity index (χ2v) is 13.3. The highest BCUT2D eigenvalue weighted by molar-refractivity contribution is 7.15. The number of thiophene rings is 1. The maximum Gasteiger partial charge on any atom is 0.348 e. The number of nitrogens with zero attached hydrogens (tertiary/aromatic N) is 4. The van der Waals surface area contributed by atoms with Gasteiger partial charge in [-0.25, -0.2) is 14.5 Å². The van der Waals surface area contributed by atoms with E-state index in [1.807, 2.05) is 15.6 Å². The summed E-state index contributed by atoms with van der Waals surface area (Å²) >= 11 is 1.35. The molecule has 2 aromatic rings. The van der Waals surface area contributed by atoms with Crippen LogP contribution in [0.3, 0.4) is 0 Å². The van der Waals surface area contributed by atoms with E-state index in [0.29, 0.717) is 16.5 Å². The molecule has 2 heterocycles. The summed E-state index contributed by atoms with van der Waals surface area (Å²) in [6, 6.07) is 2.30. The van der Waals surface area contributed by atoms with Crippen molar-refractivity contribution in [3.8, 4) is 0 Å². The number of carbonyl (C=O) groups is 2. The minimum Gasteiger partial charge on any atom is -0.477 e. The SMILES string of the molecule is CC1(C)CC=C(c2cc(N(C(=O)[C@H]3CC[C@H](C)CC3)[C@H]3CC[C@@H](n4cncn4)CC3)c(C(=O)O)s2)CC1.Cl. The lowest BCUT2D eigenvalue weighted by atomic mass is 9.78. The smallest absolute Gasteiger partial charge is 0.348 e. The number of amides is 1. The van der Waals surface area contributed by atoms with E-state index >= 15 is 0 Å². The van der Waals surface area contributed by atoms with Gasteiger partial charge in [0.25, 0.3) is 0 Å². The lowest BCUT2D eigenvalue weighted by molar-refractivity contribution is -0.124. The number of rotatable bonds is 6. The molecule has 9 heteroatoms. The molecule has 2 aromatic heterocycles. The summed E-state index contributed by atoms with van der Waals surface area (Å²) in [4.78, 5) is 34.0. The van der Waals surface area contributed by atoms with Gasteiger partial charge in [0, 0.05) is 16.8 Å². The van der Waals surface area contributed by atoms with Gasteiger partial charge < -0.3 is 10.0 Å². The van der Waals surface area contributed by atoms with Crippen molar-refractivity contribution in [2.24, 2.45) is 17.3 Å². The lowest BCUT2D eigenvalue weighted by Crippen LogP contribution is -2.46. The molecule has 0 bridgehead atoms. The molecular formula is C29H41ClN4O3S. The number of hydrogen-bond acceptors (Lipinski definition) is 5. The van der Waals surface area contributed by atoms with E-state index in [1.54, 1.807) is 12.7 Å². The molecule has 0 atom stereocenters. The zero-order valence-electron chi connectivity index (χ0n) is 22.8. The van der Waals surface area contributed by atoms with Gasteiger partial charge in [0.1, 0.15) is 17.5 Å². The third-order valence-corrected chi connectivity index (χ3v) is 10.1. The third-order valence-electron chi connectivity index (χ3n) is 8.90. The van der Waals surface area contributed by atoms with Crippen LogP contribution >= 0.6 is 23.7 Å². The van der Waals surface area contributed by atoms with Gasteiger partial charge in [0.2, 0.25) is 5.91 Å². The highest BCUT2D eigenvalue weighted by Crippen LogP contribution is 2.45. The van der Waals surface area contributed by atoms with E-state index in [-0.39, 0.29) is 41.7 Å². The fourth-order valence-electron chi connectivity index (χ4n) is 6.36. The van der Waals surface area contributed by atoms with Gasteiger partial charge in [-0.15, -0.1) is 23.7 Å². The van der Waals surface area contributed by atoms with Crippen molar-refractivity contribution >= 4 is 46.9 Å². The van der Waals surface area contributed by atoms with Gasteiger partial charge in [-0.1, -0.05) is 26.8 Å². The molecule has 0 aliphatic heterocycles. The summed E-state index contributed by atoms with van der Waals surface area (Å²) in [6.07, 6.45) is 16.0. The molecule has 1 amide bonds. The number of halogens is 1. The Morgan fingerprint density at radius 3 is 2.39 bits per heavy atom. The van der Waals surface area contributed by atoms with Crippen LogP contribution in [0.4, 0.5) is 5.69 Å². The first-order valence-corrected chi connectivity index (χ1v) is 14.8. The average molecular weight is 561 g/mol. The van der Waals surface area contributed by atoms with Gasteiger partial charge in [0.15, 0.2) is 0 Å². The van der Waals surface area contributed by atoms with Crippen molar-refractivity contribution in [1.29, 1.82) is 0 Å². The highest BCUT2D eigenvalue weighted by Gasteiger charge is 2.38. The van der Waals surface area contributed by atoms with Crippen LogP contribution in [0.5, 0.6) is 0 Å². The molecule has 3 aliphatic rings. The molecule has 2 saturated carbocycles. The predicted molar refractivity (Wildman–Crippen MR) is 154 cm³/mol. The van der Waals surface area contributed by atoms with Gasteiger partial charge in [0.05, 0.1) is 11.7 Å². The Bertz CT molecular complexity index is 1140. The van der Waals surface area contributed by atoms with Crippen LogP contribution in [0.1, 0.15) is 112 Å². The summed E-state index contributed by atoms with van der Waals surface area (Å²) < 4.78 is 1.92. The Balaban J connectivity index is 0.00000336. The summed E-state index contributed by atoms with van der Waals surface area (Å²) in [5, 5.41) is 14.6. The molecule has 3 aliphatic carbocycles. The molecule has 208 valence electrons. The minimum atomic E-state index is -0.936. The Kier molecular flexibility index (Phi) is 9.03. The second kappa shape index (κ2) is 11.9. The monoisotopic (exact) mass is 560 g/mol. The average Bonchev–Trinajstić information content (AvgIpc) is 3.56. The summed E-state index contributed by atoms with van der Waals surface area (Å²) in [6.45, 7) is 6.82. The third kappa shape index (κ3) is 6.17. The standard InChI is InChI=1S/C29H40N4O3S.ClH/c1-19-4-6-21(7-5-19)27(34)33(23-10-8-22(9-11-23)32-18-30-17-31-32)24-16-25(37-26(24)28(35)36)20-12-14-29(2,3)15-13-20;/h12,16-19,21-23H,4-11,13-15H2,1-3H3,(H,35,36);1H/t19-,21-,22-,23+;. The van der Waals surface area contributed by atoms with Crippen LogP contribution in [0, 0.1) is 17.3 Å². The van der Waals surface area contributed by atoms with E-state index in [2.05, 4.69) is 36.9 Å². The fraction of sp³-hybridized carbons (Fsp3) is 0.655. The highest BCUT2D eigenvalue weighted by atomic mass is 35.5. The van der Waals surface area contributed by atoms with Crippen LogP contribution in [0.15, 0.2) is 24.8 Å². The van der Waals surface area contributed by atoms with E-state index in [0.717, 1.165) is 75.5 Å². The van der Waals surface area contributed by atoms with Crippen molar-refractivity contribution in [2.45, 2.75) is 103 Å². The van der Waals surface area contributed by atoms with Crippen molar-refractivity contribution in [1.82, 2.24) is 14.8 Å². The fourth-order valence-corrected chi connectivity index (χ4v) is 7.41. The van der Waals surface area contributed by atoms with Gasteiger partial charge >= 0.3 is 5.97 Å². The van der Waals surface area contributed by atoms with E-state index < -0.39 is 5.97 Å². The zero-order chi connectivity index (χ0) is 26.2. The first-order chi connectivity index (χ1) is 17.7. The molecule has 7 nitrogen and oxygen atoms in total. The molecule has 2 fully saturated rings. The summed E-state index contributed by atoms with van der Waals surface area (Å²) in [7, 11) is 0. The van der Waals surface area contributed by atoms with E-state index in [4.69, 9.17) is 0 Å². The molecule has 0 unspecified atom stereocenters. The number of aromatic nitrogens is 3.